The lowest BCUT2D eigenvalue weighted by molar-refractivity contribution is -0.140. The molecule has 1 spiro atoms. The number of carbonyl (C=O) groups excluding carboxylic acids is 2. The summed E-state index contributed by atoms with van der Waals surface area (Å²) in [5, 5.41) is 14.0. The fraction of sp³-hybridized carbons (Fsp3) is 0.667. The number of likely N-dealkylation sites (tertiary alicyclic amines) is 1. The van der Waals surface area contributed by atoms with E-state index in [-0.39, 0.29) is 18.4 Å². The van der Waals surface area contributed by atoms with Crippen molar-refractivity contribution in [2.45, 2.75) is 24.9 Å². The number of amides is 2. The number of hydrogen-bond acceptors (Lipinski definition) is 4. The molecule has 80 valence electrons. The van der Waals surface area contributed by atoms with Crippen LogP contribution in [0.1, 0.15) is 13.3 Å². The Balaban J connectivity index is 2.19. The molecule has 2 amide bonds. The summed E-state index contributed by atoms with van der Waals surface area (Å²) in [4.78, 5) is 24.7. The van der Waals surface area contributed by atoms with Gasteiger partial charge >= 0.3 is 0 Å². The third-order valence-corrected chi connectivity index (χ3v) is 2.95. The van der Waals surface area contributed by atoms with Crippen LogP contribution in [0.2, 0.25) is 0 Å². The number of hydrogen-bond donors (Lipinski definition) is 2. The molecule has 6 heteroatoms. The van der Waals surface area contributed by atoms with E-state index >= 15 is 0 Å². The van der Waals surface area contributed by atoms with E-state index in [1.165, 1.54) is 4.90 Å². The number of piperazine rings is 1. The van der Waals surface area contributed by atoms with Gasteiger partial charge in [0.15, 0.2) is 6.19 Å². The molecular weight excluding hydrogens is 196 g/mol. The van der Waals surface area contributed by atoms with Crippen LogP contribution in [0, 0.1) is 11.5 Å². The van der Waals surface area contributed by atoms with Gasteiger partial charge < -0.3 is 15.5 Å². The first-order valence-electron chi connectivity index (χ1n) is 4.85. The Kier molecular flexibility index (Phi) is 2.03. The summed E-state index contributed by atoms with van der Waals surface area (Å²) in [6, 6.07) is -0.487. The van der Waals surface area contributed by atoms with Crippen molar-refractivity contribution in [3.8, 4) is 6.19 Å². The molecular formula is C9H12N4O2. The lowest BCUT2D eigenvalue weighted by Gasteiger charge is -2.35. The highest BCUT2D eigenvalue weighted by atomic mass is 16.2. The zero-order chi connectivity index (χ0) is 11.1. The normalized spacial score (nSPS) is 34.9. The second-order valence-electron chi connectivity index (χ2n) is 4.04. The van der Waals surface area contributed by atoms with Gasteiger partial charge in [0.1, 0.15) is 11.6 Å². The fourth-order valence-corrected chi connectivity index (χ4v) is 1.98. The van der Waals surface area contributed by atoms with Crippen molar-refractivity contribution in [1.29, 1.82) is 5.26 Å². The maximum Gasteiger partial charge on any atom is 0.248 e. The van der Waals surface area contributed by atoms with Crippen LogP contribution in [-0.4, -0.2) is 41.4 Å². The summed E-state index contributed by atoms with van der Waals surface area (Å²) >= 11 is 0. The van der Waals surface area contributed by atoms with Gasteiger partial charge in [0.05, 0.1) is 6.54 Å². The lowest BCUT2D eigenvalue weighted by Crippen LogP contribution is -2.69. The summed E-state index contributed by atoms with van der Waals surface area (Å²) in [7, 11) is 0. The smallest absolute Gasteiger partial charge is 0.248 e. The average molecular weight is 208 g/mol. The van der Waals surface area contributed by atoms with Gasteiger partial charge in [0.25, 0.3) is 0 Å². The second kappa shape index (κ2) is 3.12. The van der Waals surface area contributed by atoms with Crippen molar-refractivity contribution < 1.29 is 9.59 Å². The number of rotatable bonds is 0. The standard InChI is InChI=1S/C9H12N4O2/c1-6-7(14)12-9(8(15)11-6)2-3-13(4-9)5-10/h6H,2-4H2,1H3,(H,11,15)(H,12,14)/t6-,9?/m1/s1. The highest BCUT2D eigenvalue weighted by molar-refractivity contribution is 6.00. The van der Waals surface area contributed by atoms with E-state index in [0.29, 0.717) is 13.0 Å². The van der Waals surface area contributed by atoms with Crippen molar-refractivity contribution in [1.82, 2.24) is 15.5 Å². The number of nitriles is 1. The van der Waals surface area contributed by atoms with Gasteiger partial charge in [-0.25, -0.2) is 0 Å². The number of carbonyl (C=O) groups is 2. The van der Waals surface area contributed by atoms with Crippen LogP contribution in [0.5, 0.6) is 0 Å². The molecule has 2 aliphatic heterocycles. The first kappa shape index (κ1) is 9.77. The van der Waals surface area contributed by atoms with Crippen molar-refractivity contribution >= 4 is 11.8 Å². The third-order valence-electron chi connectivity index (χ3n) is 2.95. The molecule has 2 heterocycles. The first-order valence-corrected chi connectivity index (χ1v) is 4.85. The SMILES string of the molecule is C[C@H]1NC(=O)C2(CCN(C#N)C2)NC1=O. The van der Waals surface area contributed by atoms with Crippen LogP contribution in [0.15, 0.2) is 0 Å². The summed E-state index contributed by atoms with van der Waals surface area (Å²) < 4.78 is 0. The molecule has 0 aromatic carbocycles. The zero-order valence-electron chi connectivity index (χ0n) is 8.41. The predicted octanol–water partition coefficient (Wildman–Crippen LogP) is -1.45. The molecule has 0 aliphatic carbocycles. The van der Waals surface area contributed by atoms with Crippen LogP contribution >= 0.6 is 0 Å². The Morgan fingerprint density at radius 3 is 2.93 bits per heavy atom. The van der Waals surface area contributed by atoms with E-state index in [1.54, 1.807) is 6.92 Å². The minimum absolute atomic E-state index is 0.186. The minimum atomic E-state index is -0.890. The maximum absolute atomic E-state index is 11.8. The van der Waals surface area contributed by atoms with Crippen molar-refractivity contribution in [3.05, 3.63) is 0 Å². The zero-order valence-corrected chi connectivity index (χ0v) is 8.41. The van der Waals surface area contributed by atoms with Crippen LogP contribution in [0.4, 0.5) is 0 Å². The quantitative estimate of drug-likeness (QED) is 0.477. The van der Waals surface area contributed by atoms with E-state index in [4.69, 9.17) is 5.26 Å². The predicted molar refractivity (Wildman–Crippen MR) is 50.3 cm³/mol. The van der Waals surface area contributed by atoms with Gasteiger partial charge in [-0.15, -0.1) is 0 Å². The summed E-state index contributed by atoms with van der Waals surface area (Å²) in [5.41, 5.74) is -0.890. The monoisotopic (exact) mass is 208 g/mol. The summed E-state index contributed by atoms with van der Waals surface area (Å²) in [6.45, 7) is 2.42. The third kappa shape index (κ3) is 1.40. The molecule has 6 nitrogen and oxygen atoms in total. The molecule has 2 N–H and O–H groups in total. The molecule has 2 aliphatic rings. The maximum atomic E-state index is 11.8. The number of nitrogens with zero attached hydrogens (tertiary/aromatic N) is 2. The van der Waals surface area contributed by atoms with E-state index in [2.05, 4.69) is 10.6 Å². The van der Waals surface area contributed by atoms with Crippen LogP contribution < -0.4 is 10.6 Å². The lowest BCUT2D eigenvalue weighted by atomic mass is 9.93. The van der Waals surface area contributed by atoms with Crippen molar-refractivity contribution in [3.63, 3.8) is 0 Å². The molecule has 0 saturated carbocycles. The van der Waals surface area contributed by atoms with Gasteiger partial charge in [-0.3, -0.25) is 9.59 Å². The Labute approximate surface area is 87.2 Å². The molecule has 2 fully saturated rings. The molecule has 15 heavy (non-hydrogen) atoms. The molecule has 2 rings (SSSR count). The molecule has 0 bridgehead atoms. The Bertz CT molecular complexity index is 362. The average Bonchev–Trinajstić information content (AvgIpc) is 2.60. The molecule has 0 aromatic heterocycles. The molecule has 0 aromatic rings. The number of nitrogens with one attached hydrogen (secondary N) is 2. The second-order valence-corrected chi connectivity index (χ2v) is 4.04. The highest BCUT2D eigenvalue weighted by Crippen LogP contribution is 2.23. The van der Waals surface area contributed by atoms with E-state index in [9.17, 15) is 9.59 Å². The molecule has 0 radical (unpaired) electrons. The first-order chi connectivity index (χ1) is 7.07. The van der Waals surface area contributed by atoms with Gasteiger partial charge in [0, 0.05) is 6.54 Å². The van der Waals surface area contributed by atoms with Gasteiger partial charge in [-0.2, -0.15) is 5.26 Å². The molecule has 1 unspecified atom stereocenters. The highest BCUT2D eigenvalue weighted by Gasteiger charge is 2.49. The topological polar surface area (TPSA) is 85.2 Å². The Morgan fingerprint density at radius 2 is 2.33 bits per heavy atom. The summed E-state index contributed by atoms with van der Waals surface area (Å²) in [5.74, 6) is -0.373. The van der Waals surface area contributed by atoms with Crippen molar-refractivity contribution in [2.24, 2.45) is 0 Å². The van der Waals surface area contributed by atoms with E-state index in [1.807, 2.05) is 6.19 Å². The van der Waals surface area contributed by atoms with Crippen LogP contribution in [0.25, 0.3) is 0 Å². The van der Waals surface area contributed by atoms with Gasteiger partial charge in [0.2, 0.25) is 11.8 Å². The van der Waals surface area contributed by atoms with E-state index in [0.717, 1.165) is 0 Å². The minimum Gasteiger partial charge on any atom is -0.342 e. The van der Waals surface area contributed by atoms with Crippen LogP contribution in [0.3, 0.4) is 0 Å². The molecule has 2 saturated heterocycles. The summed E-state index contributed by atoms with van der Waals surface area (Å²) in [6.07, 6.45) is 2.48. The van der Waals surface area contributed by atoms with Crippen LogP contribution in [-0.2, 0) is 9.59 Å². The van der Waals surface area contributed by atoms with Gasteiger partial charge in [-0.05, 0) is 13.3 Å². The van der Waals surface area contributed by atoms with Crippen molar-refractivity contribution in [2.75, 3.05) is 13.1 Å². The molecule has 2 atom stereocenters. The fourth-order valence-electron chi connectivity index (χ4n) is 1.98. The Hall–Kier alpha value is -1.77. The largest absolute Gasteiger partial charge is 0.342 e. The Morgan fingerprint density at radius 1 is 1.60 bits per heavy atom. The van der Waals surface area contributed by atoms with E-state index < -0.39 is 11.6 Å². The van der Waals surface area contributed by atoms with Gasteiger partial charge in [-0.1, -0.05) is 0 Å².